The number of ether oxygens (including phenoxy) is 1. The van der Waals surface area contributed by atoms with Crippen molar-refractivity contribution >= 4 is 23.3 Å². The standard InChI is InChI=1S/C29H25NO4/c1-3-16-34-19-14-12-18(13-15-19)30-27(32)25-24-20-8-4-6-10-22(20)29(17(2)31,26(25)28(30)33)23-11-7-5-9-21(23)24/h4-15,24-26H,3,16H2,1-2H3/t24?,25-,26-,29?/m1/s1. The first-order valence-corrected chi connectivity index (χ1v) is 11.8. The van der Waals surface area contributed by atoms with Crippen molar-refractivity contribution in [1.29, 1.82) is 0 Å². The van der Waals surface area contributed by atoms with Crippen molar-refractivity contribution in [3.05, 3.63) is 95.1 Å². The third-order valence-corrected chi connectivity index (χ3v) is 7.74. The molecule has 0 unspecified atom stereocenters. The lowest BCUT2D eigenvalue weighted by Crippen LogP contribution is -2.57. The number of hydrogen-bond acceptors (Lipinski definition) is 4. The second-order valence-electron chi connectivity index (χ2n) is 9.37. The van der Waals surface area contributed by atoms with E-state index in [4.69, 9.17) is 4.74 Å². The molecule has 0 radical (unpaired) electrons. The lowest BCUT2D eigenvalue weighted by molar-refractivity contribution is -0.132. The zero-order chi connectivity index (χ0) is 23.6. The zero-order valence-electron chi connectivity index (χ0n) is 19.2. The van der Waals surface area contributed by atoms with Gasteiger partial charge >= 0.3 is 0 Å². The molecule has 170 valence electrons. The van der Waals surface area contributed by atoms with E-state index in [9.17, 15) is 14.4 Å². The van der Waals surface area contributed by atoms with Gasteiger partial charge in [0.05, 0.1) is 29.5 Å². The van der Waals surface area contributed by atoms with E-state index in [2.05, 4.69) is 0 Å². The van der Waals surface area contributed by atoms with E-state index in [0.717, 1.165) is 28.7 Å². The first-order valence-electron chi connectivity index (χ1n) is 11.8. The number of anilines is 1. The van der Waals surface area contributed by atoms with E-state index in [1.807, 2.05) is 55.5 Å². The topological polar surface area (TPSA) is 63.7 Å². The van der Waals surface area contributed by atoms with Crippen LogP contribution in [0.5, 0.6) is 5.75 Å². The van der Waals surface area contributed by atoms with Crippen molar-refractivity contribution in [3.63, 3.8) is 0 Å². The van der Waals surface area contributed by atoms with Gasteiger partial charge in [0.15, 0.2) is 0 Å². The largest absolute Gasteiger partial charge is 0.494 e. The van der Waals surface area contributed by atoms with Gasteiger partial charge in [-0.25, -0.2) is 4.90 Å². The van der Waals surface area contributed by atoms with Crippen LogP contribution < -0.4 is 9.64 Å². The van der Waals surface area contributed by atoms with Gasteiger partial charge in [0, 0.05) is 5.92 Å². The molecule has 5 nitrogen and oxygen atoms in total. The van der Waals surface area contributed by atoms with Crippen LogP contribution in [0.25, 0.3) is 0 Å². The molecule has 5 heteroatoms. The minimum Gasteiger partial charge on any atom is -0.494 e. The number of benzene rings is 3. The Kier molecular flexibility index (Phi) is 4.53. The fourth-order valence-corrected chi connectivity index (χ4v) is 6.54. The summed E-state index contributed by atoms with van der Waals surface area (Å²) in [6, 6.07) is 22.7. The summed E-state index contributed by atoms with van der Waals surface area (Å²) in [7, 11) is 0. The molecule has 34 heavy (non-hydrogen) atoms. The van der Waals surface area contributed by atoms with Gasteiger partial charge in [0.1, 0.15) is 11.5 Å². The second kappa shape index (κ2) is 7.39. The molecule has 3 aliphatic carbocycles. The normalized spacial score (nSPS) is 26.2. The molecule has 2 atom stereocenters. The Bertz CT molecular complexity index is 1290. The average molecular weight is 452 g/mol. The van der Waals surface area contributed by atoms with E-state index in [-0.39, 0.29) is 23.5 Å². The summed E-state index contributed by atoms with van der Waals surface area (Å²) >= 11 is 0. The minimum atomic E-state index is -1.17. The van der Waals surface area contributed by atoms with Gasteiger partial charge in [-0.05, 0) is 59.9 Å². The number of amides is 2. The lowest BCUT2D eigenvalue weighted by Gasteiger charge is -2.52. The predicted molar refractivity (Wildman–Crippen MR) is 128 cm³/mol. The maximum atomic E-state index is 14.0. The molecular formula is C29H25NO4. The molecular weight excluding hydrogens is 426 g/mol. The number of ketones is 1. The number of carbonyl (C=O) groups is 3. The van der Waals surface area contributed by atoms with Crippen LogP contribution in [0.3, 0.4) is 0 Å². The summed E-state index contributed by atoms with van der Waals surface area (Å²) < 4.78 is 5.66. The van der Waals surface area contributed by atoms with Gasteiger partial charge in [0.2, 0.25) is 11.8 Å². The molecule has 4 aliphatic rings. The monoisotopic (exact) mass is 451 g/mol. The van der Waals surface area contributed by atoms with Gasteiger partial charge in [-0.3, -0.25) is 14.4 Å². The number of rotatable bonds is 5. The fraction of sp³-hybridized carbons (Fsp3) is 0.276. The van der Waals surface area contributed by atoms with E-state index in [1.54, 1.807) is 31.2 Å². The fourth-order valence-electron chi connectivity index (χ4n) is 6.54. The zero-order valence-corrected chi connectivity index (χ0v) is 19.2. The van der Waals surface area contributed by atoms with Gasteiger partial charge in [-0.15, -0.1) is 0 Å². The van der Waals surface area contributed by atoms with Crippen LogP contribution in [0.15, 0.2) is 72.8 Å². The molecule has 0 N–H and O–H groups in total. The van der Waals surface area contributed by atoms with Crippen molar-refractivity contribution in [3.8, 4) is 5.75 Å². The number of hydrogen-bond donors (Lipinski definition) is 0. The molecule has 1 heterocycles. The Hall–Kier alpha value is -3.73. The maximum Gasteiger partial charge on any atom is 0.239 e. The number of carbonyl (C=O) groups excluding carboxylic acids is 3. The van der Waals surface area contributed by atoms with Crippen LogP contribution in [0, 0.1) is 11.8 Å². The lowest BCUT2D eigenvalue weighted by atomic mass is 9.46. The number of Topliss-reactive ketones (excluding diaryl/α,β-unsaturated/α-hetero) is 1. The van der Waals surface area contributed by atoms with Crippen LogP contribution in [0.4, 0.5) is 5.69 Å². The van der Waals surface area contributed by atoms with E-state index in [1.165, 1.54) is 4.90 Å². The van der Waals surface area contributed by atoms with Gasteiger partial charge in [-0.2, -0.15) is 0 Å². The Morgan fingerprint density at radius 2 is 1.47 bits per heavy atom. The molecule has 0 spiro atoms. The summed E-state index contributed by atoms with van der Waals surface area (Å²) in [5.74, 6) is -1.58. The number of nitrogens with zero attached hydrogens (tertiary/aromatic N) is 1. The van der Waals surface area contributed by atoms with Gasteiger partial charge in [0.25, 0.3) is 0 Å². The highest BCUT2D eigenvalue weighted by molar-refractivity contribution is 6.25. The highest BCUT2D eigenvalue weighted by Gasteiger charge is 2.69. The SMILES string of the molecule is CCCOc1ccc(N2C(=O)[C@@H]3C4c5ccccc5C(C(C)=O)(c5ccccc54)[C@H]3C2=O)cc1. The molecule has 2 amide bonds. The van der Waals surface area contributed by atoms with Crippen LogP contribution >= 0.6 is 0 Å². The molecule has 0 aromatic heterocycles. The molecule has 1 saturated heterocycles. The third kappa shape index (κ3) is 2.47. The van der Waals surface area contributed by atoms with E-state index < -0.39 is 17.3 Å². The highest BCUT2D eigenvalue weighted by Crippen LogP contribution is 2.64. The number of imide groups is 1. The highest BCUT2D eigenvalue weighted by atomic mass is 16.5. The second-order valence-corrected chi connectivity index (χ2v) is 9.37. The summed E-state index contributed by atoms with van der Waals surface area (Å²) in [6.07, 6.45) is 0.893. The Morgan fingerprint density at radius 1 is 0.882 bits per heavy atom. The molecule has 2 bridgehead atoms. The van der Waals surface area contributed by atoms with Gasteiger partial charge in [-0.1, -0.05) is 55.5 Å². The summed E-state index contributed by atoms with van der Waals surface area (Å²) in [5.41, 5.74) is 3.02. The molecule has 7 rings (SSSR count). The molecule has 3 aromatic rings. The molecule has 3 aromatic carbocycles. The summed E-state index contributed by atoms with van der Waals surface area (Å²) in [6.45, 7) is 4.19. The van der Waals surface area contributed by atoms with Crippen LogP contribution in [0.1, 0.15) is 48.4 Å². The van der Waals surface area contributed by atoms with E-state index >= 15 is 0 Å². The Labute approximate surface area is 198 Å². The maximum absolute atomic E-state index is 14.0. The predicted octanol–water partition coefficient (Wildman–Crippen LogP) is 4.62. The van der Waals surface area contributed by atoms with Crippen LogP contribution in [-0.2, 0) is 19.8 Å². The average Bonchev–Trinajstić information content (AvgIpc) is 3.13. The van der Waals surface area contributed by atoms with Crippen molar-refractivity contribution in [2.45, 2.75) is 31.6 Å². The summed E-state index contributed by atoms with van der Waals surface area (Å²) in [5, 5.41) is 0. The Morgan fingerprint density at radius 3 is 2.03 bits per heavy atom. The smallest absolute Gasteiger partial charge is 0.239 e. The molecule has 0 saturated carbocycles. The summed E-state index contributed by atoms with van der Waals surface area (Å²) in [4.78, 5) is 42.9. The van der Waals surface area contributed by atoms with Crippen LogP contribution in [-0.4, -0.2) is 24.2 Å². The quantitative estimate of drug-likeness (QED) is 0.531. The van der Waals surface area contributed by atoms with Crippen molar-refractivity contribution < 1.29 is 19.1 Å². The first-order chi connectivity index (χ1) is 16.5. The third-order valence-electron chi connectivity index (χ3n) is 7.74. The minimum absolute atomic E-state index is 0.105. The molecule has 1 aliphatic heterocycles. The first kappa shape index (κ1) is 20.8. The van der Waals surface area contributed by atoms with Crippen molar-refractivity contribution in [2.75, 3.05) is 11.5 Å². The molecule has 1 fully saturated rings. The van der Waals surface area contributed by atoms with Gasteiger partial charge < -0.3 is 4.74 Å². The van der Waals surface area contributed by atoms with Crippen molar-refractivity contribution in [2.24, 2.45) is 11.8 Å². The van der Waals surface area contributed by atoms with E-state index in [0.29, 0.717) is 18.0 Å². The Balaban J connectivity index is 1.54. The van der Waals surface area contributed by atoms with Crippen molar-refractivity contribution in [1.82, 2.24) is 0 Å². The van der Waals surface area contributed by atoms with Crippen LogP contribution in [0.2, 0.25) is 0 Å².